The number of carbonyl (C=O) groups is 3. The van der Waals surface area contributed by atoms with Gasteiger partial charge in [-0.2, -0.15) is 0 Å². The summed E-state index contributed by atoms with van der Waals surface area (Å²) >= 11 is 22.8. The van der Waals surface area contributed by atoms with Crippen molar-refractivity contribution in [1.82, 2.24) is 19.5 Å². The molecule has 2 aromatic heterocycles. The molecule has 0 saturated heterocycles. The number of nitro benzene ring substituents is 1. The normalized spacial score (nSPS) is 11.0. The van der Waals surface area contributed by atoms with Gasteiger partial charge in [-0.25, -0.2) is 9.97 Å². The first-order valence-electron chi connectivity index (χ1n) is 26.4. The van der Waals surface area contributed by atoms with Crippen molar-refractivity contribution in [2.75, 3.05) is 5.73 Å². The van der Waals surface area contributed by atoms with E-state index in [1.165, 1.54) is 45.7 Å². The first-order valence-corrected chi connectivity index (χ1v) is 27.9. The van der Waals surface area contributed by atoms with Crippen LogP contribution in [0.15, 0.2) is 231 Å². The van der Waals surface area contributed by atoms with E-state index in [2.05, 4.69) is 49.8 Å². The third-order valence-electron chi connectivity index (χ3n) is 13.1. The van der Waals surface area contributed by atoms with Gasteiger partial charge in [-0.3, -0.25) is 29.1 Å². The Labute approximate surface area is 526 Å². The second-order valence-electron chi connectivity index (χ2n) is 19.1. The number of aromatic amines is 1. The van der Waals surface area contributed by atoms with Gasteiger partial charge in [0.15, 0.2) is 6.29 Å². The number of aromatic nitrogens is 4. The monoisotopic (exact) mass is 1300 g/mol. The molecule has 11 aromatic carbocycles. The molecule has 452 valence electrons. The van der Waals surface area contributed by atoms with Gasteiger partial charge in [0, 0.05) is 49.0 Å². The number of H-pyrrole nitrogens is 1. The summed E-state index contributed by atoms with van der Waals surface area (Å²) < 4.78 is 81.5. The van der Waals surface area contributed by atoms with E-state index in [1.54, 1.807) is 18.2 Å². The highest BCUT2D eigenvalue weighted by Crippen LogP contribution is 2.35. The fourth-order valence-corrected chi connectivity index (χ4v) is 9.78. The Kier molecular flexibility index (Phi) is 20.1. The molecule has 0 radical (unpaired) electrons. The molecule has 0 spiro atoms. The number of nitrogens with zero attached hydrogens (tertiary/aromatic N) is 4. The molecule has 13 aromatic rings. The summed E-state index contributed by atoms with van der Waals surface area (Å²) in [5.74, 6) is 0.0415. The van der Waals surface area contributed by atoms with Crippen LogP contribution in [0.5, 0.6) is 11.5 Å². The minimum Gasteiger partial charge on any atom is -0.406 e. The summed E-state index contributed by atoms with van der Waals surface area (Å²) in [5.41, 5.74) is 11.1. The van der Waals surface area contributed by atoms with Crippen LogP contribution in [0.3, 0.4) is 0 Å². The van der Waals surface area contributed by atoms with Crippen LogP contribution in [0.2, 0.25) is 15.1 Å². The van der Waals surface area contributed by atoms with Crippen LogP contribution >= 0.6 is 46.4 Å². The van der Waals surface area contributed by atoms with Gasteiger partial charge in [-0.15, -0.1) is 26.3 Å². The van der Waals surface area contributed by atoms with Crippen LogP contribution < -0.4 is 15.2 Å². The summed E-state index contributed by atoms with van der Waals surface area (Å²) in [6.07, 6.45) is -8.65. The first-order chi connectivity index (χ1) is 43.0. The predicted octanol–water partition coefficient (Wildman–Crippen LogP) is 19.6. The fraction of sp³-hybridized carbons (Fsp3) is 0.0299. The van der Waals surface area contributed by atoms with Crippen molar-refractivity contribution < 1.29 is 55.1 Å². The number of ether oxygens (including phenoxy) is 2. The number of nitrogens with one attached hydrogen (secondary N) is 1. The average Bonchev–Trinajstić information content (AvgIpc) is 1.62. The lowest BCUT2D eigenvalue weighted by molar-refractivity contribution is -0.383. The van der Waals surface area contributed by atoms with Crippen molar-refractivity contribution in [3.05, 3.63) is 272 Å². The van der Waals surface area contributed by atoms with Crippen molar-refractivity contribution in [3.63, 3.8) is 0 Å². The molecule has 0 aliphatic carbocycles. The quantitative estimate of drug-likeness (QED) is 0.0370. The van der Waals surface area contributed by atoms with Gasteiger partial charge in [0.25, 0.3) is 16.8 Å². The largest absolute Gasteiger partial charge is 0.573 e. The van der Waals surface area contributed by atoms with Crippen LogP contribution in [0.25, 0.3) is 77.2 Å². The van der Waals surface area contributed by atoms with Gasteiger partial charge < -0.3 is 20.2 Å². The highest BCUT2D eigenvalue weighted by atomic mass is 35.5. The lowest BCUT2D eigenvalue weighted by Gasteiger charge is -2.12. The van der Waals surface area contributed by atoms with E-state index in [9.17, 15) is 50.8 Å². The number of anilines is 1. The van der Waals surface area contributed by atoms with E-state index < -0.39 is 34.5 Å². The van der Waals surface area contributed by atoms with Crippen LogP contribution in [-0.2, 0) is 0 Å². The van der Waals surface area contributed by atoms with E-state index >= 15 is 0 Å². The number of nitrogen functional groups attached to an aromatic ring is 1. The maximum absolute atomic E-state index is 13.6. The SMILES string of the molecule is Clc1ccc2nc(-c3cccc4ccccc34)[nH]c2c1.Nc1ccc(Cl)cc1[N+](=O)[O-].O=C(Cl)c1ccc(OC(F)(F)F)cc1.O=C(c1ccc(OC(F)(F)F)cc1)n1c(-c2cccc3ccccc23)nc2cc(Cl)ccc21.O=Cc1cccc2ccccc12. The predicted molar refractivity (Wildman–Crippen MR) is 340 cm³/mol. The number of imidazole rings is 2. The number of nitro groups is 1. The Morgan fingerprint density at radius 1 is 0.544 bits per heavy atom. The molecule has 90 heavy (non-hydrogen) atoms. The zero-order valence-electron chi connectivity index (χ0n) is 46.0. The Balaban J connectivity index is 0.000000144. The van der Waals surface area contributed by atoms with Gasteiger partial charge in [-0.1, -0.05) is 162 Å². The zero-order valence-corrected chi connectivity index (χ0v) is 49.0. The molecule has 0 aliphatic rings. The topological polar surface area (TPSA) is 185 Å². The smallest absolute Gasteiger partial charge is 0.406 e. The summed E-state index contributed by atoms with van der Waals surface area (Å²) in [5, 5.41) is 17.4. The van der Waals surface area contributed by atoms with Crippen LogP contribution in [-0.4, -0.2) is 54.6 Å². The molecule has 13 rings (SSSR count). The molecule has 0 amide bonds. The number of aldehydes is 1. The van der Waals surface area contributed by atoms with E-state index in [4.69, 9.17) is 57.1 Å². The summed E-state index contributed by atoms with van der Waals surface area (Å²) in [6, 6.07) is 65.5. The van der Waals surface area contributed by atoms with Crippen molar-refractivity contribution >= 4 is 130 Å². The maximum atomic E-state index is 13.6. The zero-order chi connectivity index (χ0) is 64.3. The lowest BCUT2D eigenvalue weighted by Crippen LogP contribution is -2.17. The third-order valence-corrected chi connectivity index (χ3v) is 14.1. The number of fused-ring (bicyclic) bond motifs is 5. The third kappa shape index (κ3) is 16.2. The number of benzene rings is 11. The minimum absolute atomic E-state index is 0.112. The molecule has 0 saturated carbocycles. The number of alkyl halides is 6. The van der Waals surface area contributed by atoms with Crippen molar-refractivity contribution in [3.8, 4) is 34.3 Å². The van der Waals surface area contributed by atoms with E-state index in [0.29, 0.717) is 31.9 Å². The molecule has 3 N–H and O–H groups in total. The van der Waals surface area contributed by atoms with Gasteiger partial charge >= 0.3 is 12.7 Å². The van der Waals surface area contributed by atoms with E-state index in [-0.39, 0.29) is 28.3 Å². The number of hydrogen-bond acceptors (Lipinski definition) is 10. The standard InChI is InChI=1S/C25H14ClF3N2O2.C17H11ClN2.C11H8O.C8H4ClF3O2.C6H5ClN2O2/c26-17-10-13-22-21(14-17)30-23(20-7-3-5-15-4-1-2-6-19(15)20)31(22)24(32)16-8-11-18(12-9-16)33-25(27,28)29;18-12-8-9-15-16(10-12)20-17(19-15)14-7-3-5-11-4-1-2-6-13(11)14;12-8-10-6-3-5-9-4-1-2-7-11(9)10;9-7(13)5-1-3-6(4-2-5)14-8(10,11)12;7-4-1-2-5(8)6(3-4)9(10)11/h1-14H;1-10H,(H,19,20);1-8H;1-4H;1-3H,8H2. The van der Waals surface area contributed by atoms with Gasteiger partial charge in [-0.05, 0) is 141 Å². The Morgan fingerprint density at radius 3 is 1.58 bits per heavy atom. The molecule has 13 nitrogen and oxygen atoms in total. The molecule has 0 atom stereocenters. The second-order valence-corrected chi connectivity index (χ2v) is 20.7. The Hall–Kier alpha value is -10.3. The number of halogens is 10. The van der Waals surface area contributed by atoms with Crippen LogP contribution in [0.1, 0.15) is 31.1 Å². The molecule has 0 aliphatic heterocycles. The fourth-order valence-electron chi connectivity index (χ4n) is 9.15. The first kappa shape index (κ1) is 64.2. The van der Waals surface area contributed by atoms with Crippen molar-refractivity contribution in [2.45, 2.75) is 12.7 Å². The average molecular weight is 1300 g/mol. The molecular weight excluding hydrogens is 1260 g/mol. The van der Waals surface area contributed by atoms with Crippen LogP contribution in [0.4, 0.5) is 37.7 Å². The molecule has 2 heterocycles. The highest BCUT2D eigenvalue weighted by molar-refractivity contribution is 6.67. The molecule has 0 fully saturated rings. The number of nitrogens with two attached hydrogens (primary N) is 1. The second kappa shape index (κ2) is 28.2. The van der Waals surface area contributed by atoms with Crippen molar-refractivity contribution in [1.29, 1.82) is 0 Å². The molecule has 23 heteroatoms. The lowest BCUT2D eigenvalue weighted by atomic mass is 10.0. The van der Waals surface area contributed by atoms with Crippen LogP contribution in [0, 0.1) is 10.1 Å². The number of carbonyl (C=O) groups excluding carboxylic acids is 3. The Bertz CT molecular complexity index is 4760. The van der Waals surface area contributed by atoms with Gasteiger partial charge in [0.2, 0.25) is 0 Å². The van der Waals surface area contributed by atoms with Gasteiger partial charge in [0.1, 0.15) is 28.8 Å². The Morgan fingerprint density at radius 2 is 1.02 bits per heavy atom. The number of rotatable bonds is 8. The van der Waals surface area contributed by atoms with E-state index in [0.717, 1.165) is 97.8 Å². The van der Waals surface area contributed by atoms with Gasteiger partial charge in [0.05, 0.1) is 27.0 Å². The maximum Gasteiger partial charge on any atom is 0.573 e. The number of hydrogen-bond donors (Lipinski definition) is 2. The minimum atomic E-state index is -4.81. The van der Waals surface area contributed by atoms with E-state index in [1.807, 2.05) is 115 Å². The molecule has 0 bridgehead atoms. The summed E-state index contributed by atoms with van der Waals surface area (Å²) in [6.45, 7) is 0. The summed E-state index contributed by atoms with van der Waals surface area (Å²) in [4.78, 5) is 57.1. The highest BCUT2D eigenvalue weighted by Gasteiger charge is 2.32. The molecular formula is C67H42Cl4F6N6O7. The summed E-state index contributed by atoms with van der Waals surface area (Å²) in [7, 11) is 0. The molecule has 0 unspecified atom stereocenters. The van der Waals surface area contributed by atoms with Crippen molar-refractivity contribution in [2.24, 2.45) is 0 Å².